The number of alkyl halides is 2. The Morgan fingerprint density at radius 1 is 1.50 bits per heavy atom. The molecule has 1 aliphatic carbocycles. The van der Waals surface area contributed by atoms with Crippen molar-refractivity contribution in [1.29, 1.82) is 0 Å². The van der Waals surface area contributed by atoms with Crippen LogP contribution in [0.4, 0.5) is 13.2 Å². The van der Waals surface area contributed by atoms with E-state index in [1.165, 1.54) is 6.08 Å². The van der Waals surface area contributed by atoms with Crippen molar-refractivity contribution in [2.75, 3.05) is 0 Å². The minimum absolute atomic E-state index is 1.19. The van der Waals surface area contributed by atoms with Gasteiger partial charge in [0.25, 0.3) is 0 Å². The van der Waals surface area contributed by atoms with Gasteiger partial charge in [0.1, 0.15) is 0 Å². The average molecular weight is 93.0 g/mol. The first-order chi connectivity index (χ1) is 2.63. The summed E-state index contributed by atoms with van der Waals surface area (Å²) in [7, 11) is 0. The zero-order chi connectivity index (χ0) is 4.78. The average Bonchev–Trinajstić information content (AvgIpc) is 1.73. The summed E-state index contributed by atoms with van der Waals surface area (Å²) in [6, 6.07) is 0. The fourth-order valence-electron chi connectivity index (χ4n) is 0.107. The van der Waals surface area contributed by atoms with Gasteiger partial charge in [0.15, 0.2) is 5.83 Å². The topological polar surface area (TPSA) is 0 Å². The third-order valence-electron chi connectivity index (χ3n) is 0.480. The van der Waals surface area contributed by atoms with Crippen LogP contribution in [0.5, 0.6) is 0 Å². The molecule has 0 N–H and O–H groups in total. The molecule has 1 rings (SSSR count). The van der Waals surface area contributed by atoms with Crippen LogP contribution < -0.4 is 0 Å². The van der Waals surface area contributed by atoms with Crippen molar-refractivity contribution in [1.82, 2.24) is 0 Å². The van der Waals surface area contributed by atoms with Crippen molar-refractivity contribution in [3.05, 3.63) is 11.9 Å². The second-order valence-electron chi connectivity index (χ2n) is 1.01. The van der Waals surface area contributed by atoms with E-state index in [1.54, 1.807) is 0 Å². The Labute approximate surface area is 32.3 Å². The van der Waals surface area contributed by atoms with Crippen molar-refractivity contribution in [3.63, 3.8) is 0 Å². The van der Waals surface area contributed by atoms with Gasteiger partial charge >= 0.3 is 5.92 Å². The van der Waals surface area contributed by atoms with Crippen molar-refractivity contribution in [2.24, 2.45) is 0 Å². The summed E-state index contributed by atoms with van der Waals surface area (Å²) in [6.45, 7) is 0. The van der Waals surface area contributed by atoms with E-state index in [0.717, 1.165) is 0 Å². The largest absolute Gasteiger partial charge is 0.327 e. The van der Waals surface area contributed by atoms with E-state index in [1.807, 2.05) is 0 Å². The second kappa shape index (κ2) is 0.622. The Kier molecular flexibility index (Phi) is 0.384. The van der Waals surface area contributed by atoms with Crippen LogP contribution in [-0.2, 0) is 0 Å². The Bertz CT molecular complexity index is 103. The molecule has 0 saturated carbocycles. The maximum atomic E-state index is 11.0. The Morgan fingerprint density at radius 2 is 1.67 bits per heavy atom. The molecule has 0 aromatic carbocycles. The highest BCUT2D eigenvalue weighted by Gasteiger charge is 2.48. The molecule has 0 aromatic heterocycles. The predicted octanol–water partition coefficient (Wildman–Crippen LogP) is 1.29. The molecule has 0 atom stereocenters. The molecule has 0 heterocycles. The lowest BCUT2D eigenvalue weighted by molar-refractivity contribution is 0.120. The van der Waals surface area contributed by atoms with Gasteiger partial charge in [0, 0.05) is 0 Å². The first-order valence-electron chi connectivity index (χ1n) is 1.32. The molecular formula is C3F3. The fraction of sp³-hybridized carbons (Fsp3) is 0.333. The first-order valence-corrected chi connectivity index (χ1v) is 1.32. The quantitative estimate of drug-likeness (QED) is 0.423. The molecule has 0 saturated heterocycles. The molecule has 0 spiro atoms. The van der Waals surface area contributed by atoms with Gasteiger partial charge in [-0.15, -0.1) is 0 Å². The highest BCUT2D eigenvalue weighted by atomic mass is 19.3. The second-order valence-corrected chi connectivity index (χ2v) is 1.01. The van der Waals surface area contributed by atoms with E-state index in [-0.39, 0.29) is 0 Å². The highest BCUT2D eigenvalue weighted by molar-refractivity contribution is 5.23. The van der Waals surface area contributed by atoms with Crippen LogP contribution in [0.15, 0.2) is 5.83 Å². The highest BCUT2D eigenvalue weighted by Crippen LogP contribution is 2.39. The Morgan fingerprint density at radius 3 is 1.67 bits per heavy atom. The van der Waals surface area contributed by atoms with Gasteiger partial charge in [0.2, 0.25) is 0 Å². The summed E-state index contributed by atoms with van der Waals surface area (Å²) < 4.78 is 32.9. The van der Waals surface area contributed by atoms with Crippen molar-refractivity contribution in [3.8, 4) is 0 Å². The molecule has 0 fully saturated rings. The maximum absolute atomic E-state index is 11.0. The molecule has 0 aromatic rings. The van der Waals surface area contributed by atoms with Gasteiger partial charge < -0.3 is 0 Å². The number of halogens is 3. The lowest BCUT2D eigenvalue weighted by Crippen LogP contribution is -1.88. The zero-order valence-electron chi connectivity index (χ0n) is 2.63. The van der Waals surface area contributed by atoms with Crippen molar-refractivity contribution >= 4 is 0 Å². The molecular weight excluding hydrogens is 93.0 g/mol. The summed E-state index contributed by atoms with van der Waals surface area (Å²) in [6.07, 6.45) is 1.19. The lowest BCUT2D eigenvalue weighted by Gasteiger charge is -1.80. The van der Waals surface area contributed by atoms with Crippen LogP contribution in [0.2, 0.25) is 0 Å². The Hall–Kier alpha value is -0.470. The molecule has 0 aliphatic heterocycles. The summed E-state index contributed by atoms with van der Waals surface area (Å²) in [4.78, 5) is 0. The van der Waals surface area contributed by atoms with E-state index < -0.39 is 11.7 Å². The van der Waals surface area contributed by atoms with Crippen LogP contribution in [0.1, 0.15) is 0 Å². The van der Waals surface area contributed by atoms with E-state index >= 15 is 0 Å². The van der Waals surface area contributed by atoms with E-state index in [9.17, 15) is 13.2 Å². The van der Waals surface area contributed by atoms with E-state index in [0.29, 0.717) is 0 Å². The molecule has 0 bridgehead atoms. The number of hydrogen-bond acceptors (Lipinski definition) is 0. The summed E-state index contributed by atoms with van der Waals surface area (Å²) in [5, 5.41) is 0. The van der Waals surface area contributed by atoms with Crippen LogP contribution >= 0.6 is 0 Å². The Balaban J connectivity index is 2.53. The normalized spacial score (nSPS) is 26.2. The third-order valence-corrected chi connectivity index (χ3v) is 0.480. The van der Waals surface area contributed by atoms with Crippen molar-refractivity contribution < 1.29 is 13.2 Å². The molecule has 0 nitrogen and oxygen atoms in total. The fourth-order valence-corrected chi connectivity index (χ4v) is 0.107. The summed E-state index contributed by atoms with van der Waals surface area (Å²) >= 11 is 0. The van der Waals surface area contributed by atoms with E-state index in [4.69, 9.17) is 0 Å². The standard InChI is InChI=1S/C3F3/c4-2-1-3(2,5)6. The summed E-state index contributed by atoms with van der Waals surface area (Å²) in [5.41, 5.74) is 0. The van der Waals surface area contributed by atoms with Gasteiger partial charge in [0.05, 0.1) is 6.08 Å². The maximum Gasteiger partial charge on any atom is 0.327 e. The van der Waals surface area contributed by atoms with Crippen LogP contribution in [-0.4, -0.2) is 5.92 Å². The van der Waals surface area contributed by atoms with Crippen LogP contribution in [0, 0.1) is 6.08 Å². The molecule has 1 radical (unpaired) electrons. The van der Waals surface area contributed by atoms with Crippen molar-refractivity contribution in [2.45, 2.75) is 5.92 Å². The van der Waals surface area contributed by atoms with Gasteiger partial charge in [-0.3, -0.25) is 0 Å². The molecule has 1 aliphatic rings. The number of rotatable bonds is 0. The van der Waals surface area contributed by atoms with Gasteiger partial charge in [-0.1, -0.05) is 0 Å². The van der Waals surface area contributed by atoms with E-state index in [2.05, 4.69) is 0 Å². The smallest absolute Gasteiger partial charge is 0.204 e. The number of hydrogen-bond donors (Lipinski definition) is 0. The molecule has 0 unspecified atom stereocenters. The first kappa shape index (κ1) is 3.71. The zero-order valence-corrected chi connectivity index (χ0v) is 2.63. The minimum Gasteiger partial charge on any atom is -0.204 e. The lowest BCUT2D eigenvalue weighted by atomic mass is 10.7. The summed E-state index contributed by atoms with van der Waals surface area (Å²) in [5.74, 6) is -4.72. The molecule has 33 valence electrons. The van der Waals surface area contributed by atoms with Crippen LogP contribution in [0.3, 0.4) is 0 Å². The third kappa shape index (κ3) is 0.311. The number of allylic oxidation sites excluding steroid dienone is 2. The van der Waals surface area contributed by atoms with Gasteiger partial charge in [-0.25, -0.2) is 4.39 Å². The molecule has 3 heteroatoms. The molecule has 0 amide bonds. The van der Waals surface area contributed by atoms with Gasteiger partial charge in [-0.2, -0.15) is 8.78 Å². The predicted molar refractivity (Wildman–Crippen MR) is 12.8 cm³/mol. The minimum atomic E-state index is -3.29. The van der Waals surface area contributed by atoms with Crippen LogP contribution in [0.25, 0.3) is 0 Å². The SMILES string of the molecule is FC1=[C]C1(F)F. The molecule has 6 heavy (non-hydrogen) atoms. The monoisotopic (exact) mass is 93.0 g/mol. The van der Waals surface area contributed by atoms with Gasteiger partial charge in [-0.05, 0) is 0 Å².